The summed E-state index contributed by atoms with van der Waals surface area (Å²) in [4.78, 5) is 32.6. The van der Waals surface area contributed by atoms with Gasteiger partial charge in [-0.15, -0.1) is 11.3 Å². The largest absolute Gasteiger partial charge is 0.354 e. The van der Waals surface area contributed by atoms with Crippen molar-refractivity contribution >= 4 is 33.2 Å². The van der Waals surface area contributed by atoms with Gasteiger partial charge in [0.25, 0.3) is 5.91 Å². The maximum atomic E-state index is 13.0. The summed E-state index contributed by atoms with van der Waals surface area (Å²) >= 11 is 1.53. The van der Waals surface area contributed by atoms with Crippen LogP contribution in [-0.4, -0.2) is 51.1 Å². The molecular weight excluding hydrogens is 398 g/mol. The third-order valence-electron chi connectivity index (χ3n) is 5.77. The highest BCUT2D eigenvalue weighted by Crippen LogP contribution is 2.34. The summed E-state index contributed by atoms with van der Waals surface area (Å²) in [5.74, 6) is 1.65. The van der Waals surface area contributed by atoms with Crippen LogP contribution in [0.15, 0.2) is 24.3 Å². The molecule has 0 bridgehead atoms. The number of rotatable bonds is 6. The number of aryl methyl sites for hydroxylation is 3. The zero-order chi connectivity index (χ0) is 21.3. The Kier molecular flexibility index (Phi) is 5.85. The van der Waals surface area contributed by atoms with E-state index in [1.54, 1.807) is 11.7 Å². The molecule has 1 aliphatic heterocycles. The smallest absolute Gasteiger partial charge is 0.261 e. The van der Waals surface area contributed by atoms with Crippen LogP contribution in [0.1, 0.15) is 46.1 Å². The summed E-state index contributed by atoms with van der Waals surface area (Å²) in [7, 11) is 1.66. The summed E-state index contributed by atoms with van der Waals surface area (Å²) in [5.41, 5.74) is 1.06. The van der Waals surface area contributed by atoms with Crippen LogP contribution in [0.25, 0.3) is 10.1 Å². The molecule has 4 rings (SSSR count). The van der Waals surface area contributed by atoms with Crippen molar-refractivity contribution in [2.24, 2.45) is 0 Å². The molecule has 1 atom stereocenters. The van der Waals surface area contributed by atoms with Crippen LogP contribution in [0.3, 0.4) is 0 Å². The molecule has 2 aromatic heterocycles. The van der Waals surface area contributed by atoms with E-state index in [1.165, 1.54) is 11.3 Å². The number of nitrogens with zero attached hydrogens (tertiary/aromatic N) is 4. The van der Waals surface area contributed by atoms with Gasteiger partial charge in [0.1, 0.15) is 11.6 Å². The van der Waals surface area contributed by atoms with Crippen molar-refractivity contribution in [2.45, 2.75) is 52.1 Å². The molecule has 7 nitrogen and oxygen atoms in total. The number of nitrogens with one attached hydrogen (secondary N) is 1. The van der Waals surface area contributed by atoms with Crippen molar-refractivity contribution in [2.75, 3.05) is 13.6 Å². The van der Waals surface area contributed by atoms with E-state index >= 15 is 0 Å². The fourth-order valence-corrected chi connectivity index (χ4v) is 5.51. The van der Waals surface area contributed by atoms with Crippen molar-refractivity contribution in [3.8, 4) is 0 Å². The second kappa shape index (κ2) is 8.55. The number of carbonyl (C=O) groups excluding carboxylic acids is 2. The molecule has 2 amide bonds. The van der Waals surface area contributed by atoms with Gasteiger partial charge in [-0.3, -0.25) is 9.59 Å². The first-order valence-corrected chi connectivity index (χ1v) is 11.2. The van der Waals surface area contributed by atoms with Crippen LogP contribution < -0.4 is 5.32 Å². The number of amides is 2. The first kappa shape index (κ1) is 20.5. The molecule has 0 unspecified atom stereocenters. The van der Waals surface area contributed by atoms with Crippen molar-refractivity contribution in [1.29, 1.82) is 0 Å². The summed E-state index contributed by atoms with van der Waals surface area (Å²) in [6, 6.07) is 8.25. The van der Waals surface area contributed by atoms with Crippen molar-refractivity contribution < 1.29 is 9.59 Å². The lowest BCUT2D eigenvalue weighted by molar-refractivity contribution is -0.132. The van der Waals surface area contributed by atoms with Gasteiger partial charge in [0.05, 0.1) is 11.4 Å². The highest BCUT2D eigenvalue weighted by Gasteiger charge is 2.31. The average Bonchev–Trinajstić information content (AvgIpc) is 3.43. The lowest BCUT2D eigenvalue weighted by Crippen LogP contribution is -2.37. The lowest BCUT2D eigenvalue weighted by atomic mass is 10.00. The number of hydrogen-bond donors (Lipinski definition) is 1. The molecule has 3 heterocycles. The minimum absolute atomic E-state index is 0.0564. The lowest BCUT2D eigenvalue weighted by Gasteiger charge is -2.25. The Balaban J connectivity index is 1.52. The maximum Gasteiger partial charge on any atom is 0.261 e. The number of fused-ring (bicyclic) bond motifs is 1. The second-order valence-corrected chi connectivity index (χ2v) is 8.80. The van der Waals surface area contributed by atoms with Gasteiger partial charge in [0, 0.05) is 30.8 Å². The van der Waals surface area contributed by atoms with E-state index in [9.17, 15) is 9.59 Å². The third-order valence-corrected chi connectivity index (χ3v) is 6.98. The van der Waals surface area contributed by atoms with Crippen LogP contribution in [0.5, 0.6) is 0 Å². The summed E-state index contributed by atoms with van der Waals surface area (Å²) in [5, 5.41) is 8.24. The minimum Gasteiger partial charge on any atom is -0.354 e. The monoisotopic (exact) mass is 425 g/mol. The molecule has 1 N–H and O–H groups in total. The Bertz CT molecular complexity index is 1090. The van der Waals surface area contributed by atoms with Gasteiger partial charge in [-0.2, -0.15) is 5.10 Å². The molecule has 0 saturated carbocycles. The molecule has 30 heavy (non-hydrogen) atoms. The first-order valence-electron chi connectivity index (χ1n) is 10.4. The third kappa shape index (κ3) is 3.96. The van der Waals surface area contributed by atoms with Crippen LogP contribution in [0, 0.1) is 13.8 Å². The van der Waals surface area contributed by atoms with Gasteiger partial charge in [0.15, 0.2) is 0 Å². The molecule has 158 valence electrons. The molecule has 1 aliphatic rings. The summed E-state index contributed by atoms with van der Waals surface area (Å²) in [6.07, 6.45) is 3.08. The summed E-state index contributed by atoms with van der Waals surface area (Å²) < 4.78 is 2.91. The highest BCUT2D eigenvalue weighted by molar-refractivity contribution is 7.21. The quantitative estimate of drug-likeness (QED) is 0.658. The van der Waals surface area contributed by atoms with E-state index in [2.05, 4.69) is 27.5 Å². The first-order chi connectivity index (χ1) is 14.5. The molecule has 1 saturated heterocycles. The van der Waals surface area contributed by atoms with Crippen LogP contribution in [-0.2, 0) is 17.8 Å². The van der Waals surface area contributed by atoms with E-state index in [0.717, 1.165) is 51.6 Å². The van der Waals surface area contributed by atoms with E-state index in [1.807, 2.05) is 30.9 Å². The normalized spacial score (nSPS) is 16.4. The molecule has 0 radical (unpaired) electrons. The average molecular weight is 426 g/mol. The number of hydrogen-bond acceptors (Lipinski definition) is 5. The van der Waals surface area contributed by atoms with Gasteiger partial charge >= 0.3 is 0 Å². The SMILES string of the molecule is CNC(=O)c1sc2ccccc2c1C[C@@H]1CCCN1C(=O)CCn1nc(C)nc1C. The number of likely N-dealkylation sites (tertiary alicyclic amines) is 1. The van der Waals surface area contributed by atoms with Crippen LogP contribution >= 0.6 is 11.3 Å². The number of carbonyl (C=O) groups is 2. The molecule has 0 aliphatic carbocycles. The van der Waals surface area contributed by atoms with E-state index in [0.29, 0.717) is 19.4 Å². The van der Waals surface area contributed by atoms with Gasteiger partial charge in [0.2, 0.25) is 5.91 Å². The predicted octanol–water partition coefficient (Wildman–Crippen LogP) is 3.09. The van der Waals surface area contributed by atoms with Crippen molar-refractivity contribution in [3.63, 3.8) is 0 Å². The van der Waals surface area contributed by atoms with E-state index < -0.39 is 0 Å². The summed E-state index contributed by atoms with van der Waals surface area (Å²) in [6.45, 7) is 5.08. The fourth-order valence-electron chi connectivity index (χ4n) is 4.33. The zero-order valence-electron chi connectivity index (χ0n) is 17.6. The number of benzene rings is 1. The number of thiophene rings is 1. The van der Waals surface area contributed by atoms with Crippen LogP contribution in [0.4, 0.5) is 0 Å². The van der Waals surface area contributed by atoms with Gasteiger partial charge in [-0.25, -0.2) is 9.67 Å². The molecule has 1 fully saturated rings. The second-order valence-electron chi connectivity index (χ2n) is 7.75. The topological polar surface area (TPSA) is 80.1 Å². The van der Waals surface area contributed by atoms with Gasteiger partial charge in [-0.1, -0.05) is 18.2 Å². The van der Waals surface area contributed by atoms with E-state index in [4.69, 9.17) is 0 Å². The van der Waals surface area contributed by atoms with Crippen molar-refractivity contribution in [3.05, 3.63) is 46.4 Å². The van der Waals surface area contributed by atoms with Gasteiger partial charge < -0.3 is 10.2 Å². The molecular formula is C22H27N5O2S. The van der Waals surface area contributed by atoms with Crippen molar-refractivity contribution in [1.82, 2.24) is 25.0 Å². The Hall–Kier alpha value is -2.74. The Morgan fingerprint density at radius 3 is 2.80 bits per heavy atom. The number of aromatic nitrogens is 3. The minimum atomic E-state index is -0.0564. The predicted molar refractivity (Wildman–Crippen MR) is 118 cm³/mol. The maximum absolute atomic E-state index is 13.0. The molecule has 1 aromatic carbocycles. The van der Waals surface area contributed by atoms with E-state index in [-0.39, 0.29) is 17.9 Å². The zero-order valence-corrected chi connectivity index (χ0v) is 18.5. The molecule has 8 heteroatoms. The standard InChI is InChI=1S/C22H27N5O2S/c1-14-24-15(2)27(25-14)12-10-20(28)26-11-6-7-16(26)13-18-17-8-4-5-9-19(17)30-21(18)22(29)23-3/h4-5,8-9,16H,6-7,10-13H2,1-3H3,(H,23,29)/t16-/m0/s1. The fraction of sp³-hybridized carbons (Fsp3) is 0.455. The Morgan fingerprint density at radius 1 is 1.27 bits per heavy atom. The Labute approximate surface area is 180 Å². The van der Waals surface area contributed by atoms with Crippen LogP contribution in [0.2, 0.25) is 0 Å². The van der Waals surface area contributed by atoms with Gasteiger partial charge in [-0.05, 0) is 50.1 Å². The Morgan fingerprint density at radius 2 is 2.07 bits per heavy atom. The molecule has 3 aromatic rings. The molecule has 0 spiro atoms. The highest BCUT2D eigenvalue weighted by atomic mass is 32.1.